The minimum atomic E-state index is -1.13. The number of hydrogen-bond donors (Lipinski definition) is 2. The van der Waals surface area contributed by atoms with Crippen LogP contribution in [0.15, 0.2) is 16.9 Å². The molecule has 0 saturated carbocycles. The van der Waals surface area contributed by atoms with Gasteiger partial charge in [-0.1, -0.05) is 5.11 Å². The summed E-state index contributed by atoms with van der Waals surface area (Å²) < 4.78 is 9.86. The number of methoxy groups -OCH3 is 1. The summed E-state index contributed by atoms with van der Waals surface area (Å²) in [5, 5.41) is 21.9. The second kappa shape index (κ2) is 4.83. The van der Waals surface area contributed by atoms with E-state index in [0.29, 0.717) is 0 Å². The first kappa shape index (κ1) is 10.8. The number of nitrogens with zero attached hydrogens (tertiary/aromatic N) is 3. The average molecular weight is 201 g/mol. The molecule has 0 aromatic rings. The minimum Gasteiger partial charge on any atom is -0.466 e. The molecule has 0 aliphatic carbocycles. The van der Waals surface area contributed by atoms with Crippen LogP contribution in [0.25, 0.3) is 10.4 Å². The molecule has 0 fully saturated rings. The number of azide groups is 1. The molecule has 3 atom stereocenters. The zero-order chi connectivity index (χ0) is 10.6. The van der Waals surface area contributed by atoms with Gasteiger partial charge in [0.2, 0.25) is 6.29 Å². The summed E-state index contributed by atoms with van der Waals surface area (Å²) in [5.41, 5.74) is 8.07. The summed E-state index contributed by atoms with van der Waals surface area (Å²) in [7, 11) is 1.34. The lowest BCUT2D eigenvalue weighted by molar-refractivity contribution is -0.190. The molecule has 1 rings (SSSR count). The molecule has 0 radical (unpaired) electrons. The highest BCUT2D eigenvalue weighted by atomic mass is 16.7. The number of hydrogen-bond acceptors (Lipinski definition) is 5. The van der Waals surface area contributed by atoms with Crippen LogP contribution >= 0.6 is 0 Å². The predicted octanol–water partition coefficient (Wildman–Crippen LogP) is -0.0949. The number of aliphatic hydroxyl groups excluding tert-OH is 2. The van der Waals surface area contributed by atoms with Crippen LogP contribution in [0.2, 0.25) is 0 Å². The molecule has 1 heterocycles. The number of aliphatic hydroxyl groups is 2. The van der Waals surface area contributed by atoms with Crippen LogP contribution in [0.5, 0.6) is 0 Å². The summed E-state index contributed by atoms with van der Waals surface area (Å²) in [6, 6.07) is 0. The van der Waals surface area contributed by atoms with Crippen LogP contribution in [0.1, 0.15) is 0 Å². The Morgan fingerprint density at radius 3 is 3.00 bits per heavy atom. The van der Waals surface area contributed by atoms with E-state index >= 15 is 0 Å². The first-order valence-electron chi connectivity index (χ1n) is 3.96. The molecule has 7 heteroatoms. The maximum Gasteiger partial charge on any atom is 0.228 e. The summed E-state index contributed by atoms with van der Waals surface area (Å²) >= 11 is 0. The molecule has 0 spiro atoms. The third-order valence-corrected chi connectivity index (χ3v) is 1.78. The highest BCUT2D eigenvalue weighted by molar-refractivity contribution is 5.06. The van der Waals surface area contributed by atoms with E-state index in [0.717, 1.165) is 0 Å². The Labute approximate surface area is 80.2 Å². The molecular formula is C7H11N3O4. The van der Waals surface area contributed by atoms with Gasteiger partial charge in [0.15, 0.2) is 0 Å². The lowest BCUT2D eigenvalue weighted by atomic mass is 10.1. The molecule has 1 aliphatic heterocycles. The average Bonchev–Trinajstić information content (AvgIpc) is 2.19. The zero-order valence-electron chi connectivity index (χ0n) is 7.57. The molecule has 0 amide bonds. The Morgan fingerprint density at radius 2 is 2.43 bits per heavy atom. The highest BCUT2D eigenvalue weighted by Crippen LogP contribution is 2.18. The quantitative estimate of drug-likeness (QED) is 0.377. The van der Waals surface area contributed by atoms with Gasteiger partial charge in [-0.3, -0.25) is 0 Å². The van der Waals surface area contributed by atoms with Gasteiger partial charge in [0, 0.05) is 12.0 Å². The summed E-state index contributed by atoms with van der Waals surface area (Å²) in [5.74, 6) is 0.285. The van der Waals surface area contributed by atoms with Crippen LogP contribution in [0.4, 0.5) is 0 Å². The monoisotopic (exact) mass is 201 g/mol. The fraction of sp³-hybridized carbons (Fsp3) is 0.714. The smallest absolute Gasteiger partial charge is 0.228 e. The molecule has 0 saturated heterocycles. The van der Waals surface area contributed by atoms with Gasteiger partial charge in [0.1, 0.15) is 18.0 Å². The van der Waals surface area contributed by atoms with Gasteiger partial charge < -0.3 is 19.7 Å². The van der Waals surface area contributed by atoms with Crippen molar-refractivity contribution >= 4 is 0 Å². The number of rotatable bonds is 3. The van der Waals surface area contributed by atoms with E-state index in [4.69, 9.17) is 15.0 Å². The molecule has 7 nitrogen and oxygen atoms in total. The van der Waals surface area contributed by atoms with Gasteiger partial charge in [-0.05, 0) is 11.6 Å². The van der Waals surface area contributed by atoms with E-state index in [9.17, 15) is 10.2 Å². The molecule has 0 aromatic carbocycles. The second-order valence-corrected chi connectivity index (χ2v) is 2.73. The maximum absolute atomic E-state index is 9.33. The standard InChI is InChI=1S/C7H11N3O4/c1-13-7-6(12)5(11)2-4(14-7)3-9-10-8/h2,5-7,11-12H,3H2,1H3. The molecule has 14 heavy (non-hydrogen) atoms. The van der Waals surface area contributed by atoms with Crippen molar-refractivity contribution in [2.75, 3.05) is 13.7 Å². The van der Waals surface area contributed by atoms with Gasteiger partial charge >= 0.3 is 0 Å². The van der Waals surface area contributed by atoms with Crippen LogP contribution in [-0.4, -0.2) is 42.4 Å². The fourth-order valence-electron chi connectivity index (χ4n) is 1.09. The Balaban J connectivity index is 2.69. The number of ether oxygens (including phenoxy) is 2. The van der Waals surface area contributed by atoms with Crippen molar-refractivity contribution in [1.82, 2.24) is 0 Å². The molecular weight excluding hydrogens is 190 g/mol. The van der Waals surface area contributed by atoms with Crippen molar-refractivity contribution in [1.29, 1.82) is 0 Å². The summed E-state index contributed by atoms with van der Waals surface area (Å²) in [6.45, 7) is -0.0137. The van der Waals surface area contributed by atoms with Gasteiger partial charge in [-0.25, -0.2) is 0 Å². The SMILES string of the molecule is COC1OC(CN=[N+]=[N-])=CC(O)C1O. The van der Waals surface area contributed by atoms with E-state index in [2.05, 4.69) is 10.0 Å². The van der Waals surface area contributed by atoms with E-state index in [1.165, 1.54) is 13.2 Å². The van der Waals surface area contributed by atoms with Crippen LogP contribution in [0, 0.1) is 0 Å². The molecule has 2 N–H and O–H groups in total. The maximum atomic E-state index is 9.33. The van der Waals surface area contributed by atoms with Gasteiger partial charge in [-0.2, -0.15) is 0 Å². The van der Waals surface area contributed by atoms with E-state index < -0.39 is 18.5 Å². The van der Waals surface area contributed by atoms with Crippen molar-refractivity contribution in [2.45, 2.75) is 18.5 Å². The van der Waals surface area contributed by atoms with Gasteiger partial charge in [0.25, 0.3) is 0 Å². The first-order chi connectivity index (χ1) is 6.69. The Hall–Kier alpha value is -1.27. The Bertz CT molecular complexity index is 274. The van der Waals surface area contributed by atoms with E-state index in [-0.39, 0.29) is 12.3 Å². The highest BCUT2D eigenvalue weighted by Gasteiger charge is 2.31. The molecule has 1 aliphatic rings. The van der Waals surface area contributed by atoms with Crippen LogP contribution in [0.3, 0.4) is 0 Å². The van der Waals surface area contributed by atoms with Crippen molar-refractivity contribution in [3.8, 4) is 0 Å². The van der Waals surface area contributed by atoms with Crippen molar-refractivity contribution in [3.05, 3.63) is 22.3 Å². The Morgan fingerprint density at radius 1 is 1.71 bits per heavy atom. The normalized spacial score (nSPS) is 31.4. The van der Waals surface area contributed by atoms with Crippen LogP contribution < -0.4 is 0 Å². The predicted molar refractivity (Wildman–Crippen MR) is 46.0 cm³/mol. The van der Waals surface area contributed by atoms with E-state index in [1.807, 2.05) is 0 Å². The summed E-state index contributed by atoms with van der Waals surface area (Å²) in [6.07, 6.45) is -1.85. The lowest BCUT2D eigenvalue weighted by Crippen LogP contribution is -2.42. The summed E-state index contributed by atoms with van der Waals surface area (Å²) in [4.78, 5) is 2.54. The molecule has 0 aromatic heterocycles. The topological polar surface area (TPSA) is 108 Å². The van der Waals surface area contributed by atoms with Crippen molar-refractivity contribution < 1.29 is 19.7 Å². The van der Waals surface area contributed by atoms with Crippen molar-refractivity contribution in [3.63, 3.8) is 0 Å². The third kappa shape index (κ3) is 2.36. The molecule has 3 unspecified atom stereocenters. The van der Waals surface area contributed by atoms with Crippen molar-refractivity contribution in [2.24, 2.45) is 5.11 Å². The van der Waals surface area contributed by atoms with E-state index in [1.54, 1.807) is 0 Å². The van der Waals surface area contributed by atoms with Gasteiger partial charge in [-0.15, -0.1) is 0 Å². The van der Waals surface area contributed by atoms with Gasteiger partial charge in [0.05, 0.1) is 6.54 Å². The second-order valence-electron chi connectivity index (χ2n) is 2.73. The molecule has 78 valence electrons. The largest absolute Gasteiger partial charge is 0.466 e. The first-order valence-corrected chi connectivity index (χ1v) is 3.96. The Kier molecular flexibility index (Phi) is 3.73. The lowest BCUT2D eigenvalue weighted by Gasteiger charge is -2.30. The van der Waals surface area contributed by atoms with Crippen LogP contribution in [-0.2, 0) is 9.47 Å². The fourth-order valence-corrected chi connectivity index (χ4v) is 1.09. The zero-order valence-corrected chi connectivity index (χ0v) is 7.57. The molecule has 0 bridgehead atoms. The third-order valence-electron chi connectivity index (χ3n) is 1.78. The minimum absolute atomic E-state index is 0.0137.